The topological polar surface area (TPSA) is 12.0 Å². The maximum Gasteiger partial charge on any atom is 0.0595 e. The molecule has 0 heterocycles. The van der Waals surface area contributed by atoms with Crippen LogP contribution in [0.1, 0.15) is 39.2 Å². The van der Waals surface area contributed by atoms with Crippen LogP contribution < -0.4 is 5.32 Å². The van der Waals surface area contributed by atoms with Gasteiger partial charge in [-0.15, -0.1) is 0 Å². The normalized spacial score (nSPS) is 13.0. The molecule has 102 valence electrons. The van der Waals surface area contributed by atoms with Crippen LogP contribution in [0.5, 0.6) is 0 Å². The number of hydrogen-bond donors (Lipinski definition) is 1. The third kappa shape index (κ3) is 5.60. The van der Waals surface area contributed by atoms with Crippen molar-refractivity contribution < 1.29 is 0 Å². The Bertz CT molecular complexity index is 364. The number of hydrogen-bond acceptors (Lipinski definition) is 1. The zero-order valence-corrected chi connectivity index (χ0v) is 13.0. The molecule has 1 N–H and O–H groups in total. The van der Waals surface area contributed by atoms with Crippen LogP contribution in [0.4, 0.5) is 0 Å². The number of nitrogens with one attached hydrogen (secondary N) is 1. The second kappa shape index (κ2) is 8.04. The van der Waals surface area contributed by atoms with Gasteiger partial charge in [-0.2, -0.15) is 0 Å². The maximum atomic E-state index is 6.05. The minimum atomic E-state index is 0.523. The molecule has 1 nitrogen and oxygen atoms in total. The van der Waals surface area contributed by atoms with Crippen LogP contribution >= 0.6 is 23.2 Å². The van der Waals surface area contributed by atoms with Crippen LogP contribution in [0, 0.1) is 5.92 Å². The van der Waals surface area contributed by atoms with Crippen LogP contribution in [-0.4, -0.2) is 12.6 Å². The number of halogens is 2. The smallest absolute Gasteiger partial charge is 0.0595 e. The Morgan fingerprint density at radius 1 is 1.11 bits per heavy atom. The second-order valence-electron chi connectivity index (χ2n) is 5.18. The van der Waals surface area contributed by atoms with E-state index in [0.717, 1.165) is 18.9 Å². The van der Waals surface area contributed by atoms with Crippen molar-refractivity contribution in [2.75, 3.05) is 6.54 Å². The fourth-order valence-electron chi connectivity index (χ4n) is 2.05. The van der Waals surface area contributed by atoms with Crippen molar-refractivity contribution in [3.8, 4) is 0 Å². The van der Waals surface area contributed by atoms with Crippen molar-refractivity contribution in [1.82, 2.24) is 5.32 Å². The van der Waals surface area contributed by atoms with Gasteiger partial charge in [-0.3, -0.25) is 0 Å². The van der Waals surface area contributed by atoms with Crippen LogP contribution in [0.25, 0.3) is 0 Å². The first-order chi connectivity index (χ1) is 8.52. The summed E-state index contributed by atoms with van der Waals surface area (Å²) < 4.78 is 0. The fraction of sp³-hybridized carbons (Fsp3) is 0.600. The van der Waals surface area contributed by atoms with Gasteiger partial charge in [-0.1, -0.05) is 50.0 Å². The van der Waals surface area contributed by atoms with Crippen molar-refractivity contribution in [2.24, 2.45) is 5.92 Å². The highest BCUT2D eigenvalue weighted by atomic mass is 35.5. The Morgan fingerprint density at radius 3 is 2.39 bits per heavy atom. The SMILES string of the molecule is CCNC(CCC(C)C)Cc1ccc(Cl)c(Cl)c1. The zero-order valence-electron chi connectivity index (χ0n) is 11.5. The molecule has 18 heavy (non-hydrogen) atoms. The first-order valence-electron chi connectivity index (χ1n) is 6.70. The summed E-state index contributed by atoms with van der Waals surface area (Å²) in [5, 5.41) is 4.82. The lowest BCUT2D eigenvalue weighted by Crippen LogP contribution is -2.31. The van der Waals surface area contributed by atoms with Crippen molar-refractivity contribution in [3.05, 3.63) is 33.8 Å². The molecule has 1 aromatic carbocycles. The molecule has 3 heteroatoms. The van der Waals surface area contributed by atoms with Gasteiger partial charge in [0.1, 0.15) is 0 Å². The minimum Gasteiger partial charge on any atom is -0.314 e. The van der Waals surface area contributed by atoms with Gasteiger partial charge in [0.05, 0.1) is 10.0 Å². The molecule has 0 aliphatic heterocycles. The Hall–Kier alpha value is -0.240. The molecule has 0 spiro atoms. The van der Waals surface area contributed by atoms with E-state index < -0.39 is 0 Å². The molecule has 0 amide bonds. The van der Waals surface area contributed by atoms with Gasteiger partial charge in [-0.05, 0) is 49.4 Å². The van der Waals surface area contributed by atoms with E-state index in [1.807, 2.05) is 12.1 Å². The third-order valence-corrected chi connectivity index (χ3v) is 3.79. The van der Waals surface area contributed by atoms with E-state index in [4.69, 9.17) is 23.2 Å². The van der Waals surface area contributed by atoms with Crippen molar-refractivity contribution in [1.29, 1.82) is 0 Å². The maximum absolute atomic E-state index is 6.05. The highest BCUT2D eigenvalue weighted by molar-refractivity contribution is 6.42. The molecule has 1 rings (SSSR count). The lowest BCUT2D eigenvalue weighted by atomic mass is 9.98. The van der Waals surface area contributed by atoms with Crippen LogP contribution in [0.3, 0.4) is 0 Å². The lowest BCUT2D eigenvalue weighted by Gasteiger charge is -2.19. The van der Waals surface area contributed by atoms with Crippen molar-refractivity contribution >= 4 is 23.2 Å². The summed E-state index contributed by atoms with van der Waals surface area (Å²) in [7, 11) is 0. The lowest BCUT2D eigenvalue weighted by molar-refractivity contribution is 0.434. The largest absolute Gasteiger partial charge is 0.314 e. The van der Waals surface area contributed by atoms with E-state index in [1.165, 1.54) is 18.4 Å². The predicted molar refractivity (Wildman–Crippen MR) is 81.7 cm³/mol. The molecule has 0 radical (unpaired) electrons. The van der Waals surface area contributed by atoms with Gasteiger partial charge in [0.25, 0.3) is 0 Å². The zero-order chi connectivity index (χ0) is 13.5. The molecule has 0 saturated carbocycles. The molecule has 0 aromatic heterocycles. The average Bonchev–Trinajstić information content (AvgIpc) is 2.31. The van der Waals surface area contributed by atoms with Gasteiger partial charge < -0.3 is 5.32 Å². The summed E-state index contributed by atoms with van der Waals surface area (Å²) in [6.07, 6.45) is 3.46. The van der Waals surface area contributed by atoms with Crippen LogP contribution in [0.15, 0.2) is 18.2 Å². The van der Waals surface area contributed by atoms with E-state index in [0.29, 0.717) is 16.1 Å². The summed E-state index contributed by atoms with van der Waals surface area (Å²) in [4.78, 5) is 0. The van der Waals surface area contributed by atoms with Gasteiger partial charge in [-0.25, -0.2) is 0 Å². The van der Waals surface area contributed by atoms with Gasteiger partial charge in [0, 0.05) is 6.04 Å². The predicted octanol–water partition coefficient (Wildman–Crippen LogP) is 4.95. The second-order valence-corrected chi connectivity index (χ2v) is 5.99. The number of likely N-dealkylation sites (N-methyl/N-ethyl adjacent to an activating group) is 1. The van der Waals surface area contributed by atoms with E-state index in [2.05, 4.69) is 32.2 Å². The van der Waals surface area contributed by atoms with Crippen molar-refractivity contribution in [3.63, 3.8) is 0 Å². The van der Waals surface area contributed by atoms with Gasteiger partial charge in [0.15, 0.2) is 0 Å². The molecular formula is C15H23Cl2N. The first-order valence-corrected chi connectivity index (χ1v) is 7.45. The van der Waals surface area contributed by atoms with Gasteiger partial charge >= 0.3 is 0 Å². The van der Waals surface area contributed by atoms with Crippen molar-refractivity contribution in [2.45, 2.75) is 46.1 Å². The fourth-order valence-corrected chi connectivity index (χ4v) is 2.37. The average molecular weight is 288 g/mol. The Morgan fingerprint density at radius 2 is 1.83 bits per heavy atom. The Kier molecular flexibility index (Phi) is 7.06. The first kappa shape index (κ1) is 15.8. The minimum absolute atomic E-state index is 0.523. The van der Waals surface area contributed by atoms with Crippen LogP contribution in [-0.2, 0) is 6.42 Å². The summed E-state index contributed by atoms with van der Waals surface area (Å²) in [5.74, 6) is 0.750. The number of benzene rings is 1. The van der Waals surface area contributed by atoms with E-state index in [-0.39, 0.29) is 0 Å². The quantitative estimate of drug-likeness (QED) is 0.748. The highest BCUT2D eigenvalue weighted by Crippen LogP contribution is 2.23. The summed E-state index contributed by atoms with van der Waals surface area (Å²) in [6.45, 7) is 7.69. The Labute approximate surface area is 121 Å². The molecule has 0 aliphatic carbocycles. The Balaban J connectivity index is 2.61. The molecule has 1 unspecified atom stereocenters. The number of rotatable bonds is 7. The summed E-state index contributed by atoms with van der Waals surface area (Å²) in [6, 6.07) is 6.44. The molecule has 1 atom stereocenters. The molecule has 0 fully saturated rings. The van der Waals surface area contributed by atoms with Gasteiger partial charge in [0.2, 0.25) is 0 Å². The molecular weight excluding hydrogens is 265 g/mol. The van der Waals surface area contributed by atoms with E-state index in [9.17, 15) is 0 Å². The van der Waals surface area contributed by atoms with E-state index in [1.54, 1.807) is 0 Å². The summed E-state index contributed by atoms with van der Waals surface area (Å²) >= 11 is 12.0. The highest BCUT2D eigenvalue weighted by Gasteiger charge is 2.10. The monoisotopic (exact) mass is 287 g/mol. The third-order valence-electron chi connectivity index (χ3n) is 3.05. The molecule has 0 aliphatic rings. The standard InChI is InChI=1S/C15H23Cl2N/c1-4-18-13(7-5-11(2)3)9-12-6-8-14(16)15(17)10-12/h6,8,10-11,13,18H,4-5,7,9H2,1-3H3. The molecule has 0 bridgehead atoms. The molecule has 0 saturated heterocycles. The van der Waals surface area contributed by atoms with Crippen LogP contribution in [0.2, 0.25) is 10.0 Å². The summed E-state index contributed by atoms with van der Waals surface area (Å²) in [5.41, 5.74) is 1.25. The van der Waals surface area contributed by atoms with E-state index >= 15 is 0 Å². The molecule has 1 aromatic rings.